The molecule has 4 unspecified atom stereocenters. The standard InChI is InChI=1S/C17H33N3O2/c1-12-7-13(2)9-20(8-12)10-14(3)18-16(22)19-17(4,11-21)15-5-6-15/h12-15,21H,5-11H2,1-4H3,(H2,18,19,22). The van der Waals surface area contributed by atoms with Gasteiger partial charge in [0.25, 0.3) is 0 Å². The molecule has 0 aromatic heterocycles. The third-order valence-electron chi connectivity index (χ3n) is 5.06. The Hall–Kier alpha value is -0.810. The molecular formula is C17H33N3O2. The first-order chi connectivity index (χ1) is 10.3. The summed E-state index contributed by atoms with van der Waals surface area (Å²) < 4.78 is 0. The Labute approximate surface area is 134 Å². The minimum atomic E-state index is -0.474. The van der Waals surface area contributed by atoms with Crippen molar-refractivity contribution in [1.82, 2.24) is 15.5 Å². The van der Waals surface area contributed by atoms with Crippen molar-refractivity contribution < 1.29 is 9.90 Å². The molecule has 0 aromatic rings. The molecule has 5 heteroatoms. The molecule has 0 aromatic carbocycles. The molecule has 3 N–H and O–H groups in total. The third kappa shape index (κ3) is 4.85. The van der Waals surface area contributed by atoms with Crippen molar-refractivity contribution in [1.29, 1.82) is 0 Å². The number of aliphatic hydroxyl groups excluding tert-OH is 1. The number of piperidine rings is 1. The Morgan fingerprint density at radius 3 is 2.41 bits per heavy atom. The van der Waals surface area contributed by atoms with Gasteiger partial charge in [0.05, 0.1) is 12.1 Å². The summed E-state index contributed by atoms with van der Waals surface area (Å²) in [7, 11) is 0. The fraction of sp³-hybridized carbons (Fsp3) is 0.941. The summed E-state index contributed by atoms with van der Waals surface area (Å²) in [5.74, 6) is 1.89. The molecule has 2 rings (SSSR count). The number of amides is 2. The lowest BCUT2D eigenvalue weighted by atomic mass is 9.92. The fourth-order valence-electron chi connectivity index (χ4n) is 3.88. The van der Waals surface area contributed by atoms with Gasteiger partial charge in [0.2, 0.25) is 0 Å². The molecule has 2 amide bonds. The molecule has 2 fully saturated rings. The molecule has 128 valence electrons. The Morgan fingerprint density at radius 1 is 1.32 bits per heavy atom. The van der Waals surface area contributed by atoms with Crippen molar-refractivity contribution >= 4 is 6.03 Å². The van der Waals surface area contributed by atoms with E-state index in [4.69, 9.17) is 0 Å². The van der Waals surface area contributed by atoms with Crippen LogP contribution in [0.4, 0.5) is 4.79 Å². The van der Waals surface area contributed by atoms with Crippen LogP contribution in [0, 0.1) is 17.8 Å². The maximum atomic E-state index is 12.2. The number of carbonyl (C=O) groups is 1. The van der Waals surface area contributed by atoms with Crippen LogP contribution in [0.1, 0.15) is 47.0 Å². The van der Waals surface area contributed by atoms with Gasteiger partial charge in [0, 0.05) is 25.7 Å². The number of likely N-dealkylation sites (tertiary alicyclic amines) is 1. The molecule has 2 aliphatic rings. The number of aliphatic hydroxyl groups is 1. The van der Waals surface area contributed by atoms with Crippen LogP contribution >= 0.6 is 0 Å². The van der Waals surface area contributed by atoms with Crippen molar-refractivity contribution in [3.05, 3.63) is 0 Å². The van der Waals surface area contributed by atoms with Crippen LogP contribution in [0.15, 0.2) is 0 Å². The van der Waals surface area contributed by atoms with Crippen molar-refractivity contribution in [3.8, 4) is 0 Å². The van der Waals surface area contributed by atoms with E-state index in [1.165, 1.54) is 6.42 Å². The Kier molecular flexibility index (Phi) is 5.72. The average Bonchev–Trinajstić information content (AvgIpc) is 3.21. The predicted molar refractivity (Wildman–Crippen MR) is 88.7 cm³/mol. The van der Waals surface area contributed by atoms with Crippen molar-refractivity contribution in [3.63, 3.8) is 0 Å². The van der Waals surface area contributed by atoms with Gasteiger partial charge in [0.1, 0.15) is 0 Å². The Morgan fingerprint density at radius 2 is 1.91 bits per heavy atom. The van der Waals surface area contributed by atoms with Gasteiger partial charge in [-0.15, -0.1) is 0 Å². The van der Waals surface area contributed by atoms with Crippen LogP contribution in [0.25, 0.3) is 0 Å². The number of nitrogens with one attached hydrogen (secondary N) is 2. The number of carbonyl (C=O) groups excluding carboxylic acids is 1. The molecule has 22 heavy (non-hydrogen) atoms. The van der Waals surface area contributed by atoms with E-state index in [0.29, 0.717) is 5.92 Å². The Bertz CT molecular complexity index is 376. The average molecular weight is 311 g/mol. The van der Waals surface area contributed by atoms with Crippen LogP contribution in [-0.4, -0.2) is 53.9 Å². The summed E-state index contributed by atoms with van der Waals surface area (Å²) in [6.07, 6.45) is 3.49. The van der Waals surface area contributed by atoms with Crippen LogP contribution in [0.3, 0.4) is 0 Å². The second-order valence-electron chi connectivity index (χ2n) is 8.01. The first kappa shape index (κ1) is 17.5. The molecule has 1 aliphatic heterocycles. The van der Waals surface area contributed by atoms with Gasteiger partial charge in [-0.05, 0) is 50.9 Å². The molecule has 0 spiro atoms. The SMILES string of the molecule is CC1CC(C)CN(CC(C)NC(=O)NC(C)(CO)C2CC2)C1. The number of rotatable bonds is 6. The van der Waals surface area contributed by atoms with Crippen LogP contribution in [0.2, 0.25) is 0 Å². The van der Waals surface area contributed by atoms with E-state index in [1.807, 2.05) is 6.92 Å². The zero-order valence-electron chi connectivity index (χ0n) is 14.6. The smallest absolute Gasteiger partial charge is 0.315 e. The molecule has 4 atom stereocenters. The van der Waals surface area contributed by atoms with E-state index in [2.05, 4.69) is 36.3 Å². The maximum absolute atomic E-state index is 12.2. The lowest BCUT2D eigenvalue weighted by molar-refractivity contribution is 0.128. The van der Waals surface area contributed by atoms with E-state index < -0.39 is 5.54 Å². The van der Waals surface area contributed by atoms with Gasteiger partial charge in [-0.1, -0.05) is 13.8 Å². The van der Waals surface area contributed by atoms with Gasteiger partial charge in [-0.25, -0.2) is 4.79 Å². The van der Waals surface area contributed by atoms with Crippen LogP contribution in [-0.2, 0) is 0 Å². The van der Waals surface area contributed by atoms with Gasteiger partial charge in [-0.2, -0.15) is 0 Å². The number of hydrogen-bond donors (Lipinski definition) is 3. The quantitative estimate of drug-likeness (QED) is 0.701. The summed E-state index contributed by atoms with van der Waals surface area (Å²) >= 11 is 0. The summed E-state index contributed by atoms with van der Waals surface area (Å²) in [5.41, 5.74) is -0.474. The third-order valence-corrected chi connectivity index (χ3v) is 5.06. The topological polar surface area (TPSA) is 64.6 Å². The van der Waals surface area contributed by atoms with Gasteiger partial charge >= 0.3 is 6.03 Å². The lowest BCUT2D eigenvalue weighted by Gasteiger charge is -2.36. The predicted octanol–water partition coefficient (Wildman–Crippen LogP) is 1.81. The maximum Gasteiger partial charge on any atom is 0.315 e. The Balaban J connectivity index is 1.76. The molecule has 1 saturated heterocycles. The van der Waals surface area contributed by atoms with Crippen LogP contribution < -0.4 is 10.6 Å². The van der Waals surface area contributed by atoms with Gasteiger partial charge in [-0.3, -0.25) is 0 Å². The van der Waals surface area contributed by atoms with Crippen molar-refractivity contribution in [2.24, 2.45) is 17.8 Å². The first-order valence-electron chi connectivity index (χ1n) is 8.74. The van der Waals surface area contributed by atoms with Gasteiger partial charge in [0.15, 0.2) is 0 Å². The second-order valence-corrected chi connectivity index (χ2v) is 8.01. The second kappa shape index (κ2) is 7.18. The number of urea groups is 1. The van der Waals surface area contributed by atoms with E-state index in [9.17, 15) is 9.90 Å². The largest absolute Gasteiger partial charge is 0.394 e. The molecule has 0 bridgehead atoms. The highest BCUT2D eigenvalue weighted by Crippen LogP contribution is 2.39. The molecule has 1 heterocycles. The highest BCUT2D eigenvalue weighted by molar-refractivity contribution is 5.75. The zero-order chi connectivity index (χ0) is 16.3. The van der Waals surface area contributed by atoms with Crippen molar-refractivity contribution in [2.75, 3.05) is 26.2 Å². The van der Waals surface area contributed by atoms with E-state index in [1.54, 1.807) is 0 Å². The molecule has 5 nitrogen and oxygen atoms in total. The summed E-state index contributed by atoms with van der Waals surface area (Å²) in [5, 5.41) is 15.5. The minimum Gasteiger partial charge on any atom is -0.394 e. The minimum absolute atomic E-state index is 0.000617. The van der Waals surface area contributed by atoms with Crippen molar-refractivity contribution in [2.45, 2.75) is 58.5 Å². The summed E-state index contributed by atoms with van der Waals surface area (Å²) in [6, 6.07) is -0.0475. The summed E-state index contributed by atoms with van der Waals surface area (Å²) in [6.45, 7) is 11.7. The summed E-state index contributed by atoms with van der Waals surface area (Å²) in [4.78, 5) is 14.6. The van der Waals surface area contributed by atoms with E-state index in [-0.39, 0.29) is 18.7 Å². The zero-order valence-corrected chi connectivity index (χ0v) is 14.6. The number of hydrogen-bond acceptors (Lipinski definition) is 3. The number of nitrogens with zero attached hydrogens (tertiary/aromatic N) is 1. The lowest BCUT2D eigenvalue weighted by Crippen LogP contribution is -2.56. The molecular weight excluding hydrogens is 278 g/mol. The highest BCUT2D eigenvalue weighted by atomic mass is 16.3. The van der Waals surface area contributed by atoms with E-state index in [0.717, 1.165) is 44.3 Å². The van der Waals surface area contributed by atoms with E-state index >= 15 is 0 Å². The monoisotopic (exact) mass is 311 g/mol. The van der Waals surface area contributed by atoms with Gasteiger partial charge < -0.3 is 20.6 Å². The molecule has 0 radical (unpaired) electrons. The highest BCUT2D eigenvalue weighted by Gasteiger charge is 2.42. The molecule has 1 saturated carbocycles. The normalized spacial score (nSPS) is 30.4. The fourth-order valence-corrected chi connectivity index (χ4v) is 3.88. The molecule has 1 aliphatic carbocycles. The van der Waals surface area contributed by atoms with Crippen LogP contribution in [0.5, 0.6) is 0 Å². The first-order valence-corrected chi connectivity index (χ1v) is 8.74.